The Morgan fingerprint density at radius 3 is 2.50 bits per heavy atom. The molecule has 1 N–H and O–H groups in total. The van der Waals surface area contributed by atoms with E-state index in [1.54, 1.807) is 30.3 Å². The zero-order valence-electron chi connectivity index (χ0n) is 16.3. The number of nitrogens with one attached hydrogen (secondary N) is 1. The van der Waals surface area contributed by atoms with Crippen LogP contribution < -0.4 is 15.0 Å². The predicted octanol–water partition coefficient (Wildman–Crippen LogP) is 5.06. The van der Waals surface area contributed by atoms with Gasteiger partial charge in [0, 0.05) is 10.0 Å². The minimum atomic E-state index is -0.788. The summed E-state index contributed by atoms with van der Waals surface area (Å²) in [4.78, 5) is 39.0. The van der Waals surface area contributed by atoms with Crippen molar-refractivity contribution in [2.45, 2.75) is 13.8 Å². The van der Waals surface area contributed by atoms with Gasteiger partial charge in [-0.15, -0.1) is 0 Å². The van der Waals surface area contributed by atoms with E-state index in [-0.39, 0.29) is 12.2 Å². The maximum Gasteiger partial charge on any atom is 0.335 e. The van der Waals surface area contributed by atoms with E-state index < -0.39 is 17.8 Å². The molecule has 6 nitrogen and oxygen atoms in total. The number of imide groups is 2. The third-order valence-electron chi connectivity index (χ3n) is 4.53. The quantitative estimate of drug-likeness (QED) is 0.331. The molecule has 0 spiro atoms. The fourth-order valence-electron chi connectivity index (χ4n) is 2.89. The van der Waals surface area contributed by atoms with Crippen molar-refractivity contribution >= 4 is 61.5 Å². The van der Waals surface area contributed by atoms with Gasteiger partial charge in [-0.1, -0.05) is 34.7 Å². The molecule has 154 valence electrons. The number of carbonyl (C=O) groups is 3. The number of halogens is 2. The van der Waals surface area contributed by atoms with Crippen LogP contribution in [0.4, 0.5) is 10.5 Å². The van der Waals surface area contributed by atoms with E-state index in [1.165, 1.54) is 6.08 Å². The lowest BCUT2D eigenvalue weighted by Crippen LogP contribution is -2.54. The highest BCUT2D eigenvalue weighted by Gasteiger charge is 2.37. The van der Waals surface area contributed by atoms with Gasteiger partial charge < -0.3 is 4.74 Å². The van der Waals surface area contributed by atoms with E-state index in [1.807, 2.05) is 19.9 Å². The SMILES string of the molecule is C=CCOc1c(Br)cc(Br)cc1/C=C1\C(=O)NC(=O)N(c2ccc(C)c(C)c2)C1=O. The zero-order chi connectivity index (χ0) is 22.0. The Hall–Kier alpha value is -2.71. The van der Waals surface area contributed by atoms with E-state index in [9.17, 15) is 14.4 Å². The monoisotopic (exact) mass is 532 g/mol. The van der Waals surface area contributed by atoms with Gasteiger partial charge in [-0.2, -0.15) is 0 Å². The van der Waals surface area contributed by atoms with Gasteiger partial charge in [-0.3, -0.25) is 14.9 Å². The maximum atomic E-state index is 13.1. The normalized spacial score (nSPS) is 15.4. The molecule has 0 bridgehead atoms. The summed E-state index contributed by atoms with van der Waals surface area (Å²) in [7, 11) is 0. The summed E-state index contributed by atoms with van der Waals surface area (Å²) < 4.78 is 7.05. The van der Waals surface area contributed by atoms with Crippen LogP contribution >= 0.6 is 31.9 Å². The molecule has 0 aromatic heterocycles. The molecule has 3 rings (SSSR count). The number of rotatable bonds is 5. The van der Waals surface area contributed by atoms with Crippen LogP contribution in [0.3, 0.4) is 0 Å². The minimum absolute atomic E-state index is 0.179. The average molecular weight is 534 g/mol. The van der Waals surface area contributed by atoms with Gasteiger partial charge in [0.15, 0.2) is 0 Å². The second-order valence-electron chi connectivity index (χ2n) is 6.63. The van der Waals surface area contributed by atoms with Crippen LogP contribution in [0.2, 0.25) is 0 Å². The van der Waals surface area contributed by atoms with Gasteiger partial charge in [-0.25, -0.2) is 9.69 Å². The number of hydrogen-bond donors (Lipinski definition) is 1. The van der Waals surface area contributed by atoms with Crippen molar-refractivity contribution < 1.29 is 19.1 Å². The molecule has 1 aliphatic rings. The van der Waals surface area contributed by atoms with Crippen LogP contribution in [0, 0.1) is 13.8 Å². The van der Waals surface area contributed by atoms with Crippen molar-refractivity contribution in [3.63, 3.8) is 0 Å². The third kappa shape index (κ3) is 4.39. The second-order valence-corrected chi connectivity index (χ2v) is 8.40. The maximum absolute atomic E-state index is 13.1. The van der Waals surface area contributed by atoms with Crippen molar-refractivity contribution in [1.29, 1.82) is 0 Å². The van der Waals surface area contributed by atoms with E-state index in [2.05, 4.69) is 43.8 Å². The van der Waals surface area contributed by atoms with E-state index in [0.717, 1.165) is 20.5 Å². The molecular formula is C22H18Br2N2O4. The summed E-state index contributed by atoms with van der Waals surface area (Å²) in [5.74, 6) is -1.03. The Kier molecular flexibility index (Phi) is 6.58. The molecule has 2 aromatic carbocycles. The van der Waals surface area contributed by atoms with Crippen molar-refractivity contribution in [1.82, 2.24) is 5.32 Å². The number of amides is 4. The molecule has 1 aliphatic heterocycles. The predicted molar refractivity (Wildman–Crippen MR) is 122 cm³/mol. The first-order valence-electron chi connectivity index (χ1n) is 8.94. The van der Waals surface area contributed by atoms with Gasteiger partial charge in [-0.05, 0) is 71.2 Å². The summed E-state index contributed by atoms with van der Waals surface area (Å²) in [6, 6.07) is 7.93. The number of ether oxygens (including phenoxy) is 1. The molecule has 4 amide bonds. The highest BCUT2D eigenvalue weighted by atomic mass is 79.9. The van der Waals surface area contributed by atoms with E-state index in [0.29, 0.717) is 21.5 Å². The van der Waals surface area contributed by atoms with Crippen LogP contribution in [0.5, 0.6) is 5.75 Å². The number of barbiturate groups is 1. The molecule has 8 heteroatoms. The Labute approximate surface area is 190 Å². The third-order valence-corrected chi connectivity index (χ3v) is 5.58. The lowest BCUT2D eigenvalue weighted by molar-refractivity contribution is -0.122. The van der Waals surface area contributed by atoms with Crippen molar-refractivity contribution in [3.8, 4) is 5.75 Å². The number of benzene rings is 2. The topological polar surface area (TPSA) is 75.7 Å². The van der Waals surface area contributed by atoms with Gasteiger partial charge in [0.2, 0.25) is 0 Å². The van der Waals surface area contributed by atoms with Crippen LogP contribution in [0.15, 0.2) is 57.5 Å². The Morgan fingerprint density at radius 1 is 1.10 bits per heavy atom. The fourth-order valence-corrected chi connectivity index (χ4v) is 4.27. The summed E-state index contributed by atoms with van der Waals surface area (Å²) >= 11 is 6.83. The first kappa shape index (κ1) is 22.0. The van der Waals surface area contributed by atoms with Gasteiger partial charge in [0.25, 0.3) is 11.8 Å². The molecule has 0 saturated carbocycles. The largest absolute Gasteiger partial charge is 0.488 e. The lowest BCUT2D eigenvalue weighted by atomic mass is 10.0. The van der Waals surface area contributed by atoms with E-state index in [4.69, 9.17) is 4.74 Å². The number of nitrogens with zero attached hydrogens (tertiary/aromatic N) is 1. The molecule has 0 atom stereocenters. The molecule has 1 saturated heterocycles. The van der Waals surface area contributed by atoms with Crippen LogP contribution in [-0.2, 0) is 9.59 Å². The molecule has 2 aromatic rings. The van der Waals surface area contributed by atoms with Crippen molar-refractivity contribution in [3.05, 3.63) is 74.2 Å². The minimum Gasteiger partial charge on any atom is -0.488 e. The van der Waals surface area contributed by atoms with Gasteiger partial charge in [0.05, 0.1) is 10.2 Å². The Morgan fingerprint density at radius 2 is 1.83 bits per heavy atom. The summed E-state index contributed by atoms with van der Waals surface area (Å²) in [5.41, 5.74) is 2.65. The number of carbonyl (C=O) groups excluding carboxylic acids is 3. The highest BCUT2D eigenvalue weighted by molar-refractivity contribution is 9.11. The Balaban J connectivity index is 2.09. The molecular weight excluding hydrogens is 516 g/mol. The second kappa shape index (κ2) is 8.97. The summed E-state index contributed by atoms with van der Waals surface area (Å²) in [5, 5.41) is 2.23. The van der Waals surface area contributed by atoms with Crippen molar-refractivity contribution in [2.75, 3.05) is 11.5 Å². The van der Waals surface area contributed by atoms with E-state index >= 15 is 0 Å². The standard InChI is InChI=1S/C22H18Br2N2O4/c1-4-7-30-19-14(9-15(23)11-18(19)24)10-17-20(27)25-22(29)26(21(17)28)16-6-5-12(2)13(3)8-16/h4-6,8-11H,1,7H2,2-3H3,(H,25,27,29)/b17-10+. The molecule has 1 fully saturated rings. The molecule has 0 radical (unpaired) electrons. The number of hydrogen-bond acceptors (Lipinski definition) is 4. The molecule has 0 unspecified atom stereocenters. The first-order chi connectivity index (χ1) is 14.2. The molecule has 1 heterocycles. The smallest absolute Gasteiger partial charge is 0.335 e. The van der Waals surface area contributed by atoms with Gasteiger partial charge in [0.1, 0.15) is 17.9 Å². The fraction of sp³-hybridized carbons (Fsp3) is 0.136. The summed E-state index contributed by atoms with van der Waals surface area (Å²) in [6.07, 6.45) is 3.00. The first-order valence-corrected chi connectivity index (χ1v) is 10.5. The van der Waals surface area contributed by atoms with Crippen LogP contribution in [-0.4, -0.2) is 24.5 Å². The lowest BCUT2D eigenvalue weighted by Gasteiger charge is -2.27. The Bertz CT molecular complexity index is 1110. The number of anilines is 1. The number of aryl methyl sites for hydroxylation is 2. The van der Waals surface area contributed by atoms with Crippen LogP contribution in [0.25, 0.3) is 6.08 Å². The average Bonchev–Trinajstić information content (AvgIpc) is 2.67. The molecule has 30 heavy (non-hydrogen) atoms. The van der Waals surface area contributed by atoms with Crippen molar-refractivity contribution in [2.24, 2.45) is 0 Å². The van der Waals surface area contributed by atoms with Gasteiger partial charge >= 0.3 is 6.03 Å². The molecule has 0 aliphatic carbocycles. The number of urea groups is 1. The zero-order valence-corrected chi connectivity index (χ0v) is 19.5. The van der Waals surface area contributed by atoms with Crippen LogP contribution in [0.1, 0.15) is 16.7 Å². The summed E-state index contributed by atoms with van der Waals surface area (Å²) in [6.45, 7) is 7.69. The highest BCUT2D eigenvalue weighted by Crippen LogP contribution is 2.35.